The molecule has 0 aliphatic heterocycles. The summed E-state index contributed by atoms with van der Waals surface area (Å²) in [5.74, 6) is 0.860. The molecule has 0 heterocycles. The molecule has 0 aromatic rings. The normalized spacial score (nSPS) is 18.8. The Bertz CT molecular complexity index is 251. The molecule has 1 saturated carbocycles. The molecule has 0 saturated heterocycles. The van der Waals surface area contributed by atoms with Gasteiger partial charge in [-0.1, -0.05) is 32.1 Å². The van der Waals surface area contributed by atoms with Crippen LogP contribution in [0.4, 0.5) is 0 Å². The minimum Gasteiger partial charge on any atom is -0.353 e. The number of nitriles is 1. The molecule has 0 radical (unpaired) electrons. The fourth-order valence-corrected chi connectivity index (χ4v) is 2.35. The summed E-state index contributed by atoms with van der Waals surface area (Å²) >= 11 is 0. The molecule has 1 rings (SSSR count). The molecule has 1 unspecified atom stereocenters. The van der Waals surface area contributed by atoms with E-state index >= 15 is 0 Å². The molecular formula is C13H22N2O. The maximum absolute atomic E-state index is 11.6. The van der Waals surface area contributed by atoms with Gasteiger partial charge in [-0.3, -0.25) is 4.79 Å². The molecule has 0 bridgehead atoms. The Balaban J connectivity index is 2.12. The number of carbonyl (C=O) groups excluding carboxylic acids is 1. The lowest BCUT2D eigenvalue weighted by atomic mass is 9.86. The molecule has 16 heavy (non-hydrogen) atoms. The number of amides is 1. The van der Waals surface area contributed by atoms with Crippen molar-refractivity contribution in [3.63, 3.8) is 0 Å². The highest BCUT2D eigenvalue weighted by molar-refractivity contribution is 5.76. The SMILES string of the molecule is CC(CC#N)NC(=O)CCC1CCCCC1. The molecule has 1 fully saturated rings. The van der Waals surface area contributed by atoms with Gasteiger partial charge in [0.1, 0.15) is 0 Å². The average molecular weight is 222 g/mol. The lowest BCUT2D eigenvalue weighted by Gasteiger charge is -2.21. The molecule has 1 amide bonds. The summed E-state index contributed by atoms with van der Waals surface area (Å²) in [6, 6.07) is 2.05. The molecule has 1 N–H and O–H groups in total. The van der Waals surface area contributed by atoms with E-state index in [0.717, 1.165) is 12.3 Å². The fraction of sp³-hybridized carbons (Fsp3) is 0.846. The number of nitrogens with one attached hydrogen (secondary N) is 1. The van der Waals surface area contributed by atoms with Crippen molar-refractivity contribution in [3.8, 4) is 6.07 Å². The van der Waals surface area contributed by atoms with Gasteiger partial charge in [-0.2, -0.15) is 5.26 Å². The van der Waals surface area contributed by atoms with E-state index < -0.39 is 0 Å². The summed E-state index contributed by atoms with van der Waals surface area (Å²) in [6.45, 7) is 1.88. The van der Waals surface area contributed by atoms with Crippen LogP contribution in [0, 0.1) is 17.2 Å². The molecule has 90 valence electrons. The van der Waals surface area contributed by atoms with Gasteiger partial charge < -0.3 is 5.32 Å². The van der Waals surface area contributed by atoms with Gasteiger partial charge in [-0.05, 0) is 19.3 Å². The van der Waals surface area contributed by atoms with Crippen molar-refractivity contribution >= 4 is 5.91 Å². The van der Waals surface area contributed by atoms with Crippen LogP contribution >= 0.6 is 0 Å². The standard InChI is InChI=1S/C13H22N2O/c1-11(9-10-14)15-13(16)8-7-12-5-3-2-4-6-12/h11-12H,2-9H2,1H3,(H,15,16). The third-order valence-electron chi connectivity index (χ3n) is 3.31. The van der Waals surface area contributed by atoms with Crippen LogP contribution in [0.2, 0.25) is 0 Å². The van der Waals surface area contributed by atoms with Crippen LogP contribution in [0.3, 0.4) is 0 Å². The van der Waals surface area contributed by atoms with Crippen LogP contribution in [-0.4, -0.2) is 11.9 Å². The van der Waals surface area contributed by atoms with E-state index in [2.05, 4.69) is 11.4 Å². The van der Waals surface area contributed by atoms with Gasteiger partial charge >= 0.3 is 0 Å². The quantitative estimate of drug-likeness (QED) is 0.777. The van der Waals surface area contributed by atoms with Gasteiger partial charge in [0.05, 0.1) is 12.5 Å². The van der Waals surface area contributed by atoms with E-state index in [-0.39, 0.29) is 11.9 Å². The molecule has 0 aromatic heterocycles. The van der Waals surface area contributed by atoms with Crippen LogP contribution in [0.1, 0.15) is 58.3 Å². The highest BCUT2D eigenvalue weighted by Gasteiger charge is 2.15. The zero-order valence-corrected chi connectivity index (χ0v) is 10.2. The van der Waals surface area contributed by atoms with E-state index in [1.54, 1.807) is 0 Å². The summed E-state index contributed by atoms with van der Waals surface area (Å²) in [4.78, 5) is 11.6. The van der Waals surface area contributed by atoms with Crippen molar-refractivity contribution in [1.82, 2.24) is 5.32 Å². The van der Waals surface area contributed by atoms with E-state index in [9.17, 15) is 4.79 Å². The molecule has 0 aromatic carbocycles. The summed E-state index contributed by atoms with van der Waals surface area (Å²) in [5, 5.41) is 11.3. The largest absolute Gasteiger partial charge is 0.353 e. The maximum atomic E-state index is 11.6. The van der Waals surface area contributed by atoms with Gasteiger partial charge in [-0.15, -0.1) is 0 Å². The second-order valence-electron chi connectivity index (χ2n) is 4.87. The summed E-state index contributed by atoms with van der Waals surface area (Å²) < 4.78 is 0. The zero-order valence-electron chi connectivity index (χ0n) is 10.2. The van der Waals surface area contributed by atoms with E-state index in [1.165, 1.54) is 32.1 Å². The monoisotopic (exact) mass is 222 g/mol. The minimum absolute atomic E-state index is 0.0103. The Kier molecular flexibility index (Phi) is 5.92. The lowest BCUT2D eigenvalue weighted by molar-refractivity contribution is -0.122. The van der Waals surface area contributed by atoms with Gasteiger partial charge in [0.2, 0.25) is 5.91 Å². The minimum atomic E-state index is -0.0103. The Hall–Kier alpha value is -1.04. The first-order valence-corrected chi connectivity index (χ1v) is 6.38. The first-order chi connectivity index (χ1) is 7.72. The topological polar surface area (TPSA) is 52.9 Å². The van der Waals surface area contributed by atoms with Gasteiger partial charge in [0.15, 0.2) is 0 Å². The predicted molar refractivity (Wildman–Crippen MR) is 63.6 cm³/mol. The van der Waals surface area contributed by atoms with Gasteiger partial charge in [0, 0.05) is 12.5 Å². The maximum Gasteiger partial charge on any atom is 0.220 e. The molecule has 3 nitrogen and oxygen atoms in total. The number of nitrogens with zero attached hydrogens (tertiary/aromatic N) is 1. The van der Waals surface area contributed by atoms with Crippen molar-refractivity contribution < 1.29 is 4.79 Å². The number of hydrogen-bond donors (Lipinski definition) is 1. The molecule has 1 atom stereocenters. The van der Waals surface area contributed by atoms with Crippen molar-refractivity contribution in [1.29, 1.82) is 5.26 Å². The van der Waals surface area contributed by atoms with E-state index in [0.29, 0.717) is 12.8 Å². The molecular weight excluding hydrogens is 200 g/mol. The first kappa shape index (κ1) is 13.0. The second-order valence-corrected chi connectivity index (χ2v) is 4.87. The Morgan fingerprint density at radius 1 is 1.44 bits per heavy atom. The van der Waals surface area contributed by atoms with Crippen LogP contribution in [0.15, 0.2) is 0 Å². The Morgan fingerprint density at radius 3 is 2.75 bits per heavy atom. The number of carbonyl (C=O) groups is 1. The summed E-state index contributed by atoms with van der Waals surface area (Å²) in [6.07, 6.45) is 8.65. The molecule has 0 spiro atoms. The summed E-state index contributed by atoms with van der Waals surface area (Å²) in [5.41, 5.74) is 0. The molecule has 1 aliphatic carbocycles. The number of rotatable bonds is 5. The lowest BCUT2D eigenvalue weighted by Crippen LogP contribution is -2.32. The van der Waals surface area contributed by atoms with Crippen LogP contribution < -0.4 is 5.32 Å². The van der Waals surface area contributed by atoms with E-state index in [1.807, 2.05) is 6.92 Å². The van der Waals surface area contributed by atoms with Crippen molar-refractivity contribution in [2.75, 3.05) is 0 Å². The predicted octanol–water partition coefficient (Wildman–Crippen LogP) is 2.77. The van der Waals surface area contributed by atoms with Crippen molar-refractivity contribution in [2.45, 2.75) is 64.3 Å². The van der Waals surface area contributed by atoms with Crippen molar-refractivity contribution in [3.05, 3.63) is 0 Å². The highest BCUT2D eigenvalue weighted by Crippen LogP contribution is 2.27. The first-order valence-electron chi connectivity index (χ1n) is 6.38. The Labute approximate surface area is 98.2 Å². The van der Waals surface area contributed by atoms with Gasteiger partial charge in [0.25, 0.3) is 0 Å². The Morgan fingerprint density at radius 2 is 2.12 bits per heavy atom. The molecule has 1 aliphatic rings. The summed E-state index contributed by atoms with van der Waals surface area (Å²) in [7, 11) is 0. The van der Waals surface area contributed by atoms with Gasteiger partial charge in [-0.25, -0.2) is 0 Å². The average Bonchev–Trinajstić information content (AvgIpc) is 2.28. The smallest absolute Gasteiger partial charge is 0.220 e. The fourth-order valence-electron chi connectivity index (χ4n) is 2.35. The van der Waals surface area contributed by atoms with Crippen LogP contribution in [0.5, 0.6) is 0 Å². The van der Waals surface area contributed by atoms with E-state index in [4.69, 9.17) is 5.26 Å². The molecule has 3 heteroatoms. The van der Waals surface area contributed by atoms with Crippen LogP contribution in [-0.2, 0) is 4.79 Å². The number of hydrogen-bond acceptors (Lipinski definition) is 2. The van der Waals surface area contributed by atoms with Crippen molar-refractivity contribution in [2.24, 2.45) is 5.92 Å². The third-order valence-corrected chi connectivity index (χ3v) is 3.31. The van der Waals surface area contributed by atoms with Crippen LogP contribution in [0.25, 0.3) is 0 Å². The third kappa shape index (κ3) is 5.16. The zero-order chi connectivity index (χ0) is 11.8. The highest BCUT2D eigenvalue weighted by atomic mass is 16.1. The second kappa shape index (κ2) is 7.27.